The second-order valence-electron chi connectivity index (χ2n) is 5.39. The summed E-state index contributed by atoms with van der Waals surface area (Å²) >= 11 is 3.07. The molecule has 0 unspecified atom stereocenters. The van der Waals surface area contributed by atoms with Crippen LogP contribution in [0.2, 0.25) is 0 Å². The number of nitrogens with zero attached hydrogens (tertiary/aromatic N) is 3. The van der Waals surface area contributed by atoms with E-state index in [0.717, 1.165) is 10.2 Å². The number of halogens is 1. The van der Waals surface area contributed by atoms with E-state index in [9.17, 15) is 9.59 Å². The number of aryl methyl sites for hydroxylation is 2. The maximum atomic E-state index is 12.1. The van der Waals surface area contributed by atoms with Crippen molar-refractivity contribution in [3.8, 4) is 0 Å². The lowest BCUT2D eigenvalue weighted by molar-refractivity contribution is -0.709. The molecule has 1 amide bonds. The van der Waals surface area contributed by atoms with Crippen LogP contribution in [0, 0.1) is 0 Å². The topological polar surface area (TPSA) is 46.2 Å². The molecule has 0 saturated heterocycles. The molecule has 0 aromatic carbocycles. The Morgan fingerprint density at radius 3 is 2.71 bits per heavy atom. The Morgan fingerprint density at radius 1 is 1.38 bits per heavy atom. The van der Waals surface area contributed by atoms with Crippen LogP contribution in [0.1, 0.15) is 19.3 Å². The van der Waals surface area contributed by atoms with Gasteiger partial charge in [0, 0.05) is 19.9 Å². The highest BCUT2D eigenvalue weighted by molar-refractivity contribution is 7.99. The first-order valence-corrected chi connectivity index (χ1v) is 9.31. The number of hydrogen-bond donors (Lipinski definition) is 0. The third-order valence-electron chi connectivity index (χ3n) is 3.54. The fraction of sp³-hybridized carbons (Fsp3) is 0.438. The number of anilines is 1. The summed E-state index contributed by atoms with van der Waals surface area (Å²) in [6, 6.07) is 3.85. The number of carbonyl (C=O) groups is 2. The van der Waals surface area contributed by atoms with Crippen molar-refractivity contribution in [2.75, 3.05) is 17.7 Å². The van der Waals surface area contributed by atoms with Crippen molar-refractivity contribution in [3.63, 3.8) is 0 Å². The summed E-state index contributed by atoms with van der Waals surface area (Å²) in [5.74, 6) is 0.685. The Morgan fingerprint density at radius 2 is 2.12 bits per heavy atom. The number of Topliss-reactive ketones (excluding diaryl/α,β-unsaturated/α-hetero) is 1. The molecule has 0 atom stereocenters. The van der Waals surface area contributed by atoms with Gasteiger partial charge >= 0.3 is 5.16 Å². The SMILES string of the molecule is CN(C(=O)CCCC(=O)CSc1n(C)cc[n+]1C)c1cccs1.[Cl-]. The number of amides is 1. The summed E-state index contributed by atoms with van der Waals surface area (Å²) in [7, 11) is 5.71. The highest BCUT2D eigenvalue weighted by atomic mass is 35.5. The number of rotatable bonds is 8. The van der Waals surface area contributed by atoms with Crippen LogP contribution in [0.25, 0.3) is 0 Å². The molecule has 2 rings (SSSR count). The lowest BCUT2D eigenvalue weighted by atomic mass is 10.2. The number of ketones is 1. The fourth-order valence-electron chi connectivity index (χ4n) is 2.19. The van der Waals surface area contributed by atoms with Gasteiger partial charge in [0.1, 0.15) is 18.2 Å². The maximum Gasteiger partial charge on any atom is 0.317 e. The van der Waals surface area contributed by atoms with Crippen molar-refractivity contribution >= 4 is 39.8 Å². The molecule has 24 heavy (non-hydrogen) atoms. The van der Waals surface area contributed by atoms with Gasteiger partial charge in [-0.25, -0.2) is 9.13 Å². The van der Waals surface area contributed by atoms with Gasteiger partial charge in [-0.15, -0.1) is 11.3 Å². The van der Waals surface area contributed by atoms with Crippen LogP contribution in [0.4, 0.5) is 5.00 Å². The van der Waals surface area contributed by atoms with Crippen LogP contribution in [0.3, 0.4) is 0 Å². The van der Waals surface area contributed by atoms with Crippen LogP contribution < -0.4 is 21.9 Å². The normalized spacial score (nSPS) is 10.3. The molecule has 2 heterocycles. The highest BCUT2D eigenvalue weighted by Gasteiger charge is 2.15. The van der Waals surface area contributed by atoms with E-state index in [2.05, 4.69) is 0 Å². The molecule has 0 bridgehead atoms. The number of thiophene rings is 1. The van der Waals surface area contributed by atoms with Gasteiger partial charge in [0.2, 0.25) is 5.91 Å². The van der Waals surface area contributed by atoms with E-state index in [-0.39, 0.29) is 24.1 Å². The average Bonchev–Trinajstić information content (AvgIpc) is 3.15. The zero-order valence-corrected chi connectivity index (χ0v) is 16.5. The van der Waals surface area contributed by atoms with Gasteiger partial charge < -0.3 is 17.3 Å². The Bertz CT molecular complexity index is 651. The molecular weight excluding hydrogens is 366 g/mol. The van der Waals surface area contributed by atoms with E-state index < -0.39 is 0 Å². The molecule has 2 aromatic rings. The fourth-order valence-corrected chi connectivity index (χ4v) is 3.86. The van der Waals surface area contributed by atoms with Gasteiger partial charge in [0.15, 0.2) is 0 Å². The van der Waals surface area contributed by atoms with Crippen molar-refractivity contribution in [2.24, 2.45) is 14.1 Å². The third kappa shape index (κ3) is 5.65. The number of imidazole rings is 1. The molecule has 5 nitrogen and oxygen atoms in total. The molecular formula is C16H22ClN3O2S2. The van der Waals surface area contributed by atoms with Crippen molar-refractivity contribution < 1.29 is 26.6 Å². The molecule has 0 spiro atoms. The summed E-state index contributed by atoms with van der Waals surface area (Å²) in [6.45, 7) is 0. The van der Waals surface area contributed by atoms with E-state index in [1.54, 1.807) is 11.9 Å². The van der Waals surface area contributed by atoms with Gasteiger partial charge in [-0.05, 0) is 35.7 Å². The van der Waals surface area contributed by atoms with E-state index in [0.29, 0.717) is 25.0 Å². The minimum Gasteiger partial charge on any atom is -1.00 e. The first kappa shape index (κ1) is 20.7. The summed E-state index contributed by atoms with van der Waals surface area (Å²) in [5.41, 5.74) is 0. The minimum absolute atomic E-state index is 0. The number of thioether (sulfide) groups is 1. The molecule has 0 radical (unpaired) electrons. The second kappa shape index (κ2) is 9.86. The van der Waals surface area contributed by atoms with Crippen molar-refractivity contribution in [2.45, 2.75) is 24.4 Å². The number of aromatic nitrogens is 2. The zero-order chi connectivity index (χ0) is 16.8. The van der Waals surface area contributed by atoms with Crippen LogP contribution >= 0.6 is 23.1 Å². The number of carbonyl (C=O) groups excluding carboxylic acids is 2. The Labute approximate surface area is 157 Å². The lowest BCUT2D eigenvalue weighted by Gasteiger charge is -2.14. The van der Waals surface area contributed by atoms with Crippen LogP contribution in [0.15, 0.2) is 35.1 Å². The van der Waals surface area contributed by atoms with E-state index in [4.69, 9.17) is 0 Å². The molecule has 132 valence electrons. The maximum absolute atomic E-state index is 12.1. The van der Waals surface area contributed by atoms with Gasteiger partial charge in [-0.2, -0.15) is 0 Å². The average molecular weight is 388 g/mol. The van der Waals surface area contributed by atoms with Crippen molar-refractivity contribution in [1.82, 2.24) is 4.57 Å². The predicted molar refractivity (Wildman–Crippen MR) is 93.9 cm³/mol. The van der Waals surface area contributed by atoms with Crippen molar-refractivity contribution in [3.05, 3.63) is 29.9 Å². The standard InChI is InChI=1S/C16H22N3O2S2.ClH/c1-17-9-10-18(2)16(17)23-12-13(20)6-4-7-14(21)19(3)15-8-5-11-22-15;/h5,8-11H,4,6-7,12H2,1-3H3;1H/q+1;/p-1. The van der Waals surface area contributed by atoms with Gasteiger partial charge in [-0.1, -0.05) is 0 Å². The second-order valence-corrected chi connectivity index (χ2v) is 7.26. The zero-order valence-electron chi connectivity index (χ0n) is 14.1. The van der Waals surface area contributed by atoms with Crippen LogP contribution in [-0.2, 0) is 23.7 Å². The smallest absolute Gasteiger partial charge is 0.317 e. The Kier molecular flexibility index (Phi) is 8.52. The summed E-state index contributed by atoms with van der Waals surface area (Å²) in [5, 5.41) is 3.93. The lowest BCUT2D eigenvalue weighted by Crippen LogP contribution is -3.00. The first-order chi connectivity index (χ1) is 11.0. The minimum atomic E-state index is 0. The van der Waals surface area contributed by atoms with Crippen LogP contribution in [0.5, 0.6) is 0 Å². The molecule has 0 aliphatic rings. The molecule has 2 aromatic heterocycles. The Balaban J connectivity index is 0.00000288. The molecule has 0 saturated carbocycles. The van der Waals surface area contributed by atoms with Gasteiger partial charge in [0.05, 0.1) is 24.8 Å². The number of hydrogen-bond acceptors (Lipinski definition) is 4. The molecule has 0 aliphatic heterocycles. The van der Waals surface area contributed by atoms with Gasteiger partial charge in [0.25, 0.3) is 0 Å². The predicted octanol–water partition coefficient (Wildman–Crippen LogP) is -0.590. The molecule has 8 heteroatoms. The van der Waals surface area contributed by atoms with Crippen molar-refractivity contribution in [1.29, 1.82) is 0 Å². The monoisotopic (exact) mass is 387 g/mol. The molecule has 0 fully saturated rings. The van der Waals surface area contributed by atoms with Crippen LogP contribution in [-0.4, -0.2) is 29.1 Å². The highest BCUT2D eigenvalue weighted by Crippen LogP contribution is 2.21. The van der Waals surface area contributed by atoms with E-state index in [1.165, 1.54) is 23.1 Å². The van der Waals surface area contributed by atoms with E-state index >= 15 is 0 Å². The molecule has 0 N–H and O–H groups in total. The molecule has 0 aliphatic carbocycles. The summed E-state index contributed by atoms with van der Waals surface area (Å²) in [6.07, 6.45) is 5.39. The largest absolute Gasteiger partial charge is 1.00 e. The van der Waals surface area contributed by atoms with E-state index in [1.807, 2.05) is 53.1 Å². The summed E-state index contributed by atoms with van der Waals surface area (Å²) < 4.78 is 3.99. The summed E-state index contributed by atoms with van der Waals surface area (Å²) in [4.78, 5) is 25.7. The van der Waals surface area contributed by atoms with Gasteiger partial charge in [-0.3, -0.25) is 9.59 Å². The quantitative estimate of drug-likeness (QED) is 0.449. The Hall–Kier alpha value is -1.31. The first-order valence-electron chi connectivity index (χ1n) is 7.44. The third-order valence-corrected chi connectivity index (χ3v) is 5.78.